The molecule has 6 heteroatoms. The van der Waals surface area contributed by atoms with E-state index in [2.05, 4.69) is 36.3 Å². The standard InChI is InChI=1S/C28H38N4O2/c1-3-5-17-29-28(34)32(18-6-4-2)22-27(33)31(21-23-12-8-7-9-13-23)19-16-24-20-30-26-15-11-10-14-25(24)26/h7-15,20,30H,3-6,16-19,21-22H2,1-2H3,(H,29,34). The zero-order valence-electron chi connectivity index (χ0n) is 20.6. The number of carbonyl (C=O) groups is 2. The van der Waals surface area contributed by atoms with Gasteiger partial charge in [-0.1, -0.05) is 75.2 Å². The molecule has 0 saturated carbocycles. The van der Waals surface area contributed by atoms with Gasteiger partial charge < -0.3 is 20.1 Å². The minimum Gasteiger partial charge on any atom is -0.361 e. The summed E-state index contributed by atoms with van der Waals surface area (Å²) in [6.45, 7) is 6.63. The van der Waals surface area contributed by atoms with E-state index in [0.29, 0.717) is 26.2 Å². The monoisotopic (exact) mass is 462 g/mol. The Morgan fingerprint density at radius 3 is 2.38 bits per heavy atom. The van der Waals surface area contributed by atoms with Gasteiger partial charge in [0, 0.05) is 43.3 Å². The second-order valence-corrected chi connectivity index (χ2v) is 8.77. The quantitative estimate of drug-likeness (QED) is 0.336. The van der Waals surface area contributed by atoms with Gasteiger partial charge in [-0.25, -0.2) is 4.79 Å². The molecule has 3 rings (SSSR count). The Balaban J connectivity index is 1.72. The van der Waals surface area contributed by atoms with Crippen LogP contribution in [0.3, 0.4) is 0 Å². The van der Waals surface area contributed by atoms with Crippen molar-refractivity contribution in [2.75, 3.05) is 26.2 Å². The Morgan fingerprint density at radius 1 is 0.882 bits per heavy atom. The highest BCUT2D eigenvalue weighted by Gasteiger charge is 2.21. The maximum Gasteiger partial charge on any atom is 0.317 e. The Morgan fingerprint density at radius 2 is 1.62 bits per heavy atom. The molecule has 3 amide bonds. The number of aromatic nitrogens is 1. The number of nitrogens with one attached hydrogen (secondary N) is 2. The number of aromatic amines is 1. The van der Waals surface area contributed by atoms with E-state index in [0.717, 1.165) is 43.2 Å². The highest BCUT2D eigenvalue weighted by molar-refractivity contribution is 5.85. The number of H-pyrrole nitrogens is 1. The molecule has 0 unspecified atom stereocenters. The van der Waals surface area contributed by atoms with Crippen molar-refractivity contribution in [2.24, 2.45) is 0 Å². The summed E-state index contributed by atoms with van der Waals surface area (Å²) in [4.78, 5) is 33.1. The van der Waals surface area contributed by atoms with E-state index in [4.69, 9.17) is 0 Å². The number of nitrogens with zero attached hydrogens (tertiary/aromatic N) is 2. The van der Waals surface area contributed by atoms with Gasteiger partial charge in [-0.3, -0.25) is 4.79 Å². The fraction of sp³-hybridized carbons (Fsp3) is 0.429. The predicted octanol–water partition coefficient (Wildman–Crippen LogP) is 5.35. The normalized spacial score (nSPS) is 10.9. The first-order valence-electron chi connectivity index (χ1n) is 12.5. The number of para-hydroxylation sites is 1. The number of urea groups is 1. The third-order valence-electron chi connectivity index (χ3n) is 6.10. The highest BCUT2D eigenvalue weighted by Crippen LogP contribution is 2.19. The minimum atomic E-state index is -0.147. The molecule has 34 heavy (non-hydrogen) atoms. The highest BCUT2D eigenvalue weighted by atomic mass is 16.2. The molecule has 6 nitrogen and oxygen atoms in total. The lowest BCUT2D eigenvalue weighted by Crippen LogP contribution is -2.47. The summed E-state index contributed by atoms with van der Waals surface area (Å²) in [7, 11) is 0. The molecule has 0 atom stereocenters. The van der Waals surface area contributed by atoms with Gasteiger partial charge in [0.15, 0.2) is 0 Å². The molecule has 0 aliphatic heterocycles. The maximum absolute atomic E-state index is 13.5. The van der Waals surface area contributed by atoms with Crippen molar-refractivity contribution in [3.63, 3.8) is 0 Å². The Bertz CT molecular complexity index is 1030. The van der Waals surface area contributed by atoms with Crippen LogP contribution < -0.4 is 5.32 Å². The van der Waals surface area contributed by atoms with Crippen LogP contribution in [0.15, 0.2) is 60.8 Å². The van der Waals surface area contributed by atoms with Crippen molar-refractivity contribution in [1.82, 2.24) is 20.1 Å². The molecule has 182 valence electrons. The molecular formula is C28H38N4O2. The summed E-state index contributed by atoms with van der Waals surface area (Å²) in [5, 5.41) is 4.16. The van der Waals surface area contributed by atoms with Crippen LogP contribution in [0, 0.1) is 0 Å². The largest absolute Gasteiger partial charge is 0.361 e. The van der Waals surface area contributed by atoms with Gasteiger partial charge >= 0.3 is 6.03 Å². The van der Waals surface area contributed by atoms with Crippen LogP contribution >= 0.6 is 0 Å². The van der Waals surface area contributed by atoms with Gasteiger partial charge in [0.2, 0.25) is 5.91 Å². The minimum absolute atomic E-state index is 0.0227. The molecule has 2 aromatic carbocycles. The summed E-state index contributed by atoms with van der Waals surface area (Å²) in [6, 6.07) is 18.1. The molecule has 0 saturated heterocycles. The number of unbranched alkanes of at least 4 members (excludes halogenated alkanes) is 2. The van der Waals surface area contributed by atoms with Crippen LogP contribution in [0.5, 0.6) is 0 Å². The van der Waals surface area contributed by atoms with Crippen LogP contribution in [-0.2, 0) is 17.8 Å². The summed E-state index contributed by atoms with van der Waals surface area (Å²) in [6.07, 6.45) is 6.59. The molecule has 0 spiro atoms. The first kappa shape index (κ1) is 25.3. The lowest BCUT2D eigenvalue weighted by molar-refractivity contribution is -0.132. The summed E-state index contributed by atoms with van der Waals surface area (Å²) in [5.74, 6) is -0.0227. The Kier molecular flexibility index (Phi) is 10.0. The lowest BCUT2D eigenvalue weighted by Gasteiger charge is -2.28. The fourth-order valence-corrected chi connectivity index (χ4v) is 4.04. The molecule has 0 aliphatic carbocycles. The number of amides is 3. The molecule has 1 aromatic heterocycles. The number of fused-ring (bicyclic) bond motifs is 1. The zero-order valence-corrected chi connectivity index (χ0v) is 20.6. The molecule has 0 fully saturated rings. The molecular weight excluding hydrogens is 424 g/mol. The van der Waals surface area contributed by atoms with Gasteiger partial charge in [0.1, 0.15) is 6.54 Å². The van der Waals surface area contributed by atoms with Crippen LogP contribution in [-0.4, -0.2) is 52.9 Å². The second-order valence-electron chi connectivity index (χ2n) is 8.77. The average molecular weight is 463 g/mol. The number of hydrogen-bond donors (Lipinski definition) is 2. The SMILES string of the molecule is CCCCNC(=O)N(CCCC)CC(=O)N(CCc1c[nH]c2ccccc12)Cc1ccccc1. The van der Waals surface area contributed by atoms with Crippen LogP contribution in [0.2, 0.25) is 0 Å². The maximum atomic E-state index is 13.5. The number of carbonyl (C=O) groups excluding carboxylic acids is 2. The third-order valence-corrected chi connectivity index (χ3v) is 6.10. The molecule has 0 aliphatic rings. The van der Waals surface area contributed by atoms with Crippen LogP contribution in [0.25, 0.3) is 10.9 Å². The van der Waals surface area contributed by atoms with Gasteiger partial charge in [0.05, 0.1) is 0 Å². The zero-order chi connectivity index (χ0) is 24.2. The second kappa shape index (κ2) is 13.4. The van der Waals surface area contributed by atoms with Gasteiger partial charge in [-0.05, 0) is 36.5 Å². The van der Waals surface area contributed by atoms with E-state index in [1.807, 2.05) is 53.6 Å². The van der Waals surface area contributed by atoms with E-state index < -0.39 is 0 Å². The summed E-state index contributed by atoms with van der Waals surface area (Å²) in [5.41, 5.74) is 3.39. The smallest absolute Gasteiger partial charge is 0.317 e. The first-order chi connectivity index (χ1) is 16.6. The number of rotatable bonds is 13. The molecule has 3 aromatic rings. The van der Waals surface area contributed by atoms with Crippen molar-refractivity contribution in [3.05, 3.63) is 71.9 Å². The molecule has 0 radical (unpaired) electrons. The number of hydrogen-bond acceptors (Lipinski definition) is 2. The average Bonchev–Trinajstić information content (AvgIpc) is 3.28. The van der Waals surface area contributed by atoms with Crippen molar-refractivity contribution < 1.29 is 9.59 Å². The number of benzene rings is 2. The Hall–Kier alpha value is -3.28. The van der Waals surface area contributed by atoms with Gasteiger partial charge in [-0.2, -0.15) is 0 Å². The van der Waals surface area contributed by atoms with Crippen molar-refractivity contribution >= 4 is 22.8 Å². The lowest BCUT2D eigenvalue weighted by atomic mass is 10.1. The fourth-order valence-electron chi connectivity index (χ4n) is 4.04. The predicted molar refractivity (Wildman–Crippen MR) is 139 cm³/mol. The molecule has 1 heterocycles. The van der Waals surface area contributed by atoms with E-state index in [-0.39, 0.29) is 18.5 Å². The van der Waals surface area contributed by atoms with Crippen molar-refractivity contribution in [1.29, 1.82) is 0 Å². The first-order valence-corrected chi connectivity index (χ1v) is 12.5. The summed E-state index contributed by atoms with van der Waals surface area (Å²) >= 11 is 0. The van der Waals surface area contributed by atoms with Crippen LogP contribution in [0.1, 0.15) is 50.7 Å². The molecule has 2 N–H and O–H groups in total. The van der Waals surface area contributed by atoms with Crippen LogP contribution in [0.4, 0.5) is 4.79 Å². The third kappa shape index (κ3) is 7.37. The van der Waals surface area contributed by atoms with E-state index >= 15 is 0 Å². The van der Waals surface area contributed by atoms with E-state index in [1.54, 1.807) is 4.90 Å². The summed E-state index contributed by atoms with van der Waals surface area (Å²) < 4.78 is 0. The van der Waals surface area contributed by atoms with E-state index in [1.165, 1.54) is 10.9 Å². The van der Waals surface area contributed by atoms with E-state index in [9.17, 15) is 9.59 Å². The van der Waals surface area contributed by atoms with Gasteiger partial charge in [-0.15, -0.1) is 0 Å². The van der Waals surface area contributed by atoms with Crippen molar-refractivity contribution in [3.8, 4) is 0 Å². The molecule has 0 bridgehead atoms. The topological polar surface area (TPSA) is 68.4 Å². The Labute approximate surface area is 203 Å². The van der Waals surface area contributed by atoms with Gasteiger partial charge in [0.25, 0.3) is 0 Å². The van der Waals surface area contributed by atoms with Crippen molar-refractivity contribution in [2.45, 2.75) is 52.5 Å².